The number of hydrogen-bond acceptors (Lipinski definition) is 5. The van der Waals surface area contributed by atoms with Gasteiger partial charge in [-0.2, -0.15) is 0 Å². The number of amides is 2. The van der Waals surface area contributed by atoms with Crippen molar-refractivity contribution >= 4 is 13.9 Å². The van der Waals surface area contributed by atoms with Crippen LogP contribution in [0.1, 0.15) is 110 Å². The molecule has 1 atom stereocenters. The van der Waals surface area contributed by atoms with Crippen LogP contribution in [0.2, 0.25) is 0 Å². The third-order valence-corrected chi connectivity index (χ3v) is 6.83. The van der Waals surface area contributed by atoms with E-state index in [1.54, 1.807) is 23.9 Å². The molecule has 2 amide bonds. The molecule has 0 rings (SSSR count). The Bertz CT molecular complexity index is 581. The fraction of sp³-hybridized carbons (Fsp3) is 0.964. The Morgan fingerprint density at radius 1 is 0.789 bits per heavy atom. The van der Waals surface area contributed by atoms with Crippen molar-refractivity contribution < 1.29 is 33.3 Å². The van der Waals surface area contributed by atoms with E-state index >= 15 is 0 Å². The van der Waals surface area contributed by atoms with Gasteiger partial charge in [0, 0.05) is 27.2 Å². The van der Waals surface area contributed by atoms with Crippen LogP contribution in [0.5, 0.6) is 0 Å². The second kappa shape index (κ2) is 25.3. The molecule has 230 valence electrons. The highest BCUT2D eigenvalue weighted by atomic mass is 31.2. The van der Waals surface area contributed by atoms with E-state index in [1.807, 2.05) is 21.1 Å². The Morgan fingerprint density at radius 2 is 1.18 bits per heavy atom. The van der Waals surface area contributed by atoms with E-state index in [0.29, 0.717) is 17.6 Å². The summed E-state index contributed by atoms with van der Waals surface area (Å²) in [5.74, 6) is 0. The van der Waals surface area contributed by atoms with Gasteiger partial charge in [-0.1, -0.05) is 103 Å². The number of quaternary nitrogens is 1. The van der Waals surface area contributed by atoms with Gasteiger partial charge in [0.05, 0.1) is 27.7 Å². The number of hydrogen-bond donors (Lipinski definition) is 2. The van der Waals surface area contributed by atoms with Crippen LogP contribution in [0.3, 0.4) is 0 Å². The molecule has 1 unspecified atom stereocenters. The van der Waals surface area contributed by atoms with Gasteiger partial charge in [-0.25, -0.2) is 4.79 Å². The zero-order chi connectivity index (χ0) is 29.3. The van der Waals surface area contributed by atoms with E-state index in [9.17, 15) is 14.3 Å². The minimum Gasteiger partial charge on any atom is -0.756 e. The topological polar surface area (TPSA) is 113 Å². The fourth-order valence-corrected chi connectivity index (χ4v) is 4.30. The predicted octanol–water partition coefficient (Wildman–Crippen LogP) is 5.39. The third kappa shape index (κ3) is 31.5. The number of phosphoric ester groups is 1. The first-order valence-corrected chi connectivity index (χ1v) is 16.4. The van der Waals surface area contributed by atoms with Crippen LogP contribution in [0.25, 0.3) is 0 Å². The van der Waals surface area contributed by atoms with Gasteiger partial charge in [0.15, 0.2) is 0 Å². The Kier molecular flexibility index (Phi) is 26.2. The molecule has 9 nitrogen and oxygen atoms in total. The summed E-state index contributed by atoms with van der Waals surface area (Å²) in [5.41, 5.74) is 0. The highest BCUT2D eigenvalue weighted by molar-refractivity contribution is 7.44. The summed E-state index contributed by atoms with van der Waals surface area (Å²) < 4.78 is 14.8. The monoisotopic (exact) mass is 567 g/mol. The fourth-order valence-electron chi connectivity index (χ4n) is 3.99. The summed E-state index contributed by atoms with van der Waals surface area (Å²) >= 11 is 0. The molecule has 0 aliphatic rings. The predicted molar refractivity (Wildman–Crippen MR) is 156 cm³/mol. The number of nitrogens with zero attached hydrogens (tertiary/aromatic N) is 3. The largest absolute Gasteiger partial charge is 0.756 e. The molecule has 0 heterocycles. The van der Waals surface area contributed by atoms with Crippen LogP contribution in [0.15, 0.2) is 0 Å². The first kappa shape index (κ1) is 39.4. The van der Waals surface area contributed by atoms with Crippen molar-refractivity contribution in [3.63, 3.8) is 0 Å². The normalized spacial score (nSPS) is 13.0. The van der Waals surface area contributed by atoms with Crippen LogP contribution in [-0.4, -0.2) is 98.4 Å². The Balaban J connectivity index is 0. The van der Waals surface area contributed by atoms with Gasteiger partial charge in [0.1, 0.15) is 13.2 Å². The van der Waals surface area contributed by atoms with Gasteiger partial charge >= 0.3 is 6.03 Å². The maximum Gasteiger partial charge on any atom is 0.319 e. The van der Waals surface area contributed by atoms with Crippen LogP contribution in [0, 0.1) is 0 Å². The highest BCUT2D eigenvalue weighted by Crippen LogP contribution is 2.29. The molecule has 0 aliphatic heterocycles. The molecule has 0 spiro atoms. The van der Waals surface area contributed by atoms with Gasteiger partial charge in [0.25, 0.3) is 7.82 Å². The molecule has 10 heteroatoms. The lowest BCUT2D eigenvalue weighted by Gasteiger charge is -2.25. The van der Waals surface area contributed by atoms with Gasteiger partial charge in [-0.05, 0) is 6.42 Å². The maximum atomic E-state index is 12.0. The van der Waals surface area contributed by atoms with E-state index in [1.165, 1.54) is 96.3 Å². The minimum absolute atomic E-state index is 0.00464. The average Bonchev–Trinajstić information content (AvgIpc) is 2.81. The average molecular weight is 568 g/mol. The molecule has 0 aromatic heterocycles. The quantitative estimate of drug-likeness (QED) is 0.0972. The van der Waals surface area contributed by atoms with Crippen LogP contribution in [-0.2, 0) is 9.09 Å². The van der Waals surface area contributed by atoms with Crippen molar-refractivity contribution in [1.82, 2.24) is 9.80 Å². The van der Waals surface area contributed by atoms with Crippen molar-refractivity contribution in [3.8, 4) is 0 Å². The van der Waals surface area contributed by atoms with Crippen molar-refractivity contribution in [2.24, 2.45) is 0 Å². The van der Waals surface area contributed by atoms with Gasteiger partial charge in [0.2, 0.25) is 0 Å². The minimum atomic E-state index is -4.51. The summed E-state index contributed by atoms with van der Waals surface area (Å²) in [6, 6.07) is 0.00464. The Morgan fingerprint density at radius 3 is 1.50 bits per heavy atom. The molecule has 0 aliphatic carbocycles. The second-order valence-corrected chi connectivity index (χ2v) is 12.7. The summed E-state index contributed by atoms with van der Waals surface area (Å²) in [7, 11) is 4.71. The first-order chi connectivity index (χ1) is 17.8. The Labute approximate surface area is 234 Å². The molecule has 0 radical (unpaired) electrons. The Hall–Kier alpha value is -0.700. The molecule has 0 saturated carbocycles. The van der Waals surface area contributed by atoms with Crippen molar-refractivity contribution in [3.05, 3.63) is 0 Å². The summed E-state index contributed by atoms with van der Waals surface area (Å²) in [4.78, 5) is 33.6. The molecule has 0 saturated heterocycles. The number of unbranched alkanes of at least 4 members (excludes halogenated alkanes) is 15. The van der Waals surface area contributed by atoms with Gasteiger partial charge < -0.3 is 33.7 Å². The van der Waals surface area contributed by atoms with Crippen molar-refractivity contribution in [1.29, 1.82) is 0 Å². The number of aliphatic hydroxyl groups is 1. The zero-order valence-corrected chi connectivity index (χ0v) is 26.6. The van der Waals surface area contributed by atoms with Crippen LogP contribution < -0.4 is 4.89 Å². The highest BCUT2D eigenvalue weighted by Gasteiger charge is 2.14. The number of aliphatic hydroxyl groups excluding tert-OH is 1. The number of carbonyl (C=O) groups is 1. The van der Waals surface area contributed by atoms with Crippen LogP contribution >= 0.6 is 7.82 Å². The summed E-state index contributed by atoms with van der Waals surface area (Å²) in [5, 5.41) is 9.09. The van der Waals surface area contributed by atoms with Crippen LogP contribution in [0.4, 0.5) is 4.79 Å². The van der Waals surface area contributed by atoms with E-state index < -0.39 is 7.82 Å². The molecule has 2 N–H and O–H groups in total. The van der Waals surface area contributed by atoms with Gasteiger partial charge in [-0.3, -0.25) is 4.57 Å². The van der Waals surface area contributed by atoms with E-state index in [-0.39, 0.29) is 19.2 Å². The zero-order valence-electron chi connectivity index (χ0n) is 25.7. The number of urea groups is 1. The van der Waals surface area contributed by atoms with Crippen molar-refractivity contribution in [2.45, 2.75) is 110 Å². The molecular weight excluding hydrogens is 505 g/mol. The number of phosphoric acid groups is 1. The molecule has 0 fully saturated rings. The molecule has 38 heavy (non-hydrogen) atoms. The number of carbonyl (C=O) groups excluding carboxylic acids is 1. The summed E-state index contributed by atoms with van der Waals surface area (Å²) in [6.45, 7) is 4.07. The number of likely N-dealkylation sites (N-methyl/N-ethyl adjacent to an activating group) is 1. The standard InChI is InChI=1S/C23H48N2O2.C5H14NO4P/c1-4-5-6-7-8-9-10-11-12-13-14-15-16-17-18-19-20-25(21-22-26)23(27)24(2)3;1-6(2,3)4-5-10-11(7,8)9/h26H,4-22H2,1-3H3;4-5H2,1-3H3,(H-,7,8,9). The molecule has 0 aromatic carbocycles. The SMILES string of the molecule is CCCCCCCCCCCCCCCCCCN(CCO)C(=O)N(C)C.C[N+](C)(C)CCOP(=O)([O-])O. The van der Waals surface area contributed by atoms with E-state index in [2.05, 4.69) is 11.4 Å². The lowest BCUT2D eigenvalue weighted by atomic mass is 10.0. The lowest BCUT2D eigenvalue weighted by Crippen LogP contribution is -2.41. The van der Waals surface area contributed by atoms with E-state index in [4.69, 9.17) is 10.00 Å². The first-order valence-electron chi connectivity index (χ1n) is 14.9. The third-order valence-electron chi connectivity index (χ3n) is 6.32. The van der Waals surface area contributed by atoms with Gasteiger partial charge in [-0.15, -0.1) is 0 Å². The molecular formula is C28H62N3O6P. The second-order valence-electron chi connectivity index (χ2n) is 11.5. The number of rotatable bonds is 23. The van der Waals surface area contributed by atoms with Crippen molar-refractivity contribution in [2.75, 3.05) is 68.1 Å². The van der Waals surface area contributed by atoms with E-state index in [0.717, 1.165) is 13.0 Å². The maximum absolute atomic E-state index is 12.0. The summed E-state index contributed by atoms with van der Waals surface area (Å²) in [6.07, 6.45) is 21.7. The lowest BCUT2D eigenvalue weighted by molar-refractivity contribution is -0.870. The smallest absolute Gasteiger partial charge is 0.319 e. The molecule has 0 bridgehead atoms. The molecule has 0 aromatic rings.